The molecule has 0 fully saturated rings. The number of aryl methyl sites for hydroxylation is 1. The molecule has 0 radical (unpaired) electrons. The molecule has 0 aliphatic rings. The summed E-state index contributed by atoms with van der Waals surface area (Å²) in [5.41, 5.74) is 4.18. The normalized spacial score (nSPS) is 13.0. The summed E-state index contributed by atoms with van der Waals surface area (Å²) in [5.74, 6) is 6.51. The second-order valence-corrected chi connectivity index (χ2v) is 4.76. The Labute approximate surface area is 124 Å². The number of benzene rings is 1. The number of hydrogen-bond donors (Lipinski definition) is 3. The van der Waals surface area contributed by atoms with Crippen LogP contribution in [-0.2, 0) is 4.74 Å². The zero-order chi connectivity index (χ0) is 15.1. The van der Waals surface area contributed by atoms with Gasteiger partial charge in [0.1, 0.15) is 5.75 Å². The smallest absolute Gasteiger partial charge is 0.210 e. The fraction of sp³-hybridized carbons (Fsp3) is 0.462. The van der Waals surface area contributed by atoms with Crippen molar-refractivity contribution in [2.24, 2.45) is 10.8 Å². The highest BCUT2D eigenvalue weighted by Gasteiger charge is 2.09. The van der Waals surface area contributed by atoms with Crippen LogP contribution in [-0.4, -0.2) is 32.8 Å². The zero-order valence-electron chi connectivity index (χ0n) is 12.2. The van der Waals surface area contributed by atoms with Crippen LogP contribution in [0.3, 0.4) is 0 Å². The second kappa shape index (κ2) is 7.94. The summed E-state index contributed by atoms with van der Waals surface area (Å²) in [7, 11) is 3.20. The topological polar surface area (TPSA) is 80.9 Å². The summed E-state index contributed by atoms with van der Waals surface area (Å²) in [5, 5.41) is 3.72. The summed E-state index contributed by atoms with van der Waals surface area (Å²) in [6, 6.07) is 3.58. The lowest BCUT2D eigenvalue weighted by Crippen LogP contribution is -2.37. The first-order chi connectivity index (χ1) is 9.51. The quantitative estimate of drug-likeness (QED) is 0.335. The van der Waals surface area contributed by atoms with Crippen molar-refractivity contribution < 1.29 is 9.47 Å². The number of hydrogen-bond acceptors (Lipinski definition) is 4. The molecule has 7 heteroatoms. The molecule has 1 aromatic rings. The summed E-state index contributed by atoms with van der Waals surface area (Å²) >= 11 is 6.07. The van der Waals surface area contributed by atoms with Crippen molar-refractivity contribution in [1.82, 2.24) is 5.43 Å². The number of guanidine groups is 1. The summed E-state index contributed by atoms with van der Waals surface area (Å²) in [4.78, 5) is 4.36. The number of nitrogens with zero attached hydrogens (tertiary/aromatic N) is 1. The molecular formula is C13H21ClN4O2. The molecule has 0 aromatic heterocycles. The Bertz CT molecular complexity index is 480. The van der Waals surface area contributed by atoms with E-state index in [2.05, 4.69) is 15.7 Å². The van der Waals surface area contributed by atoms with E-state index in [0.717, 1.165) is 11.3 Å². The molecule has 1 rings (SSSR count). The third kappa shape index (κ3) is 4.56. The predicted molar refractivity (Wildman–Crippen MR) is 82.5 cm³/mol. The number of halogens is 1. The van der Waals surface area contributed by atoms with Gasteiger partial charge in [-0.3, -0.25) is 5.43 Å². The molecule has 0 bridgehead atoms. The van der Waals surface area contributed by atoms with E-state index < -0.39 is 0 Å². The van der Waals surface area contributed by atoms with Crippen LogP contribution in [0.1, 0.15) is 12.5 Å². The molecule has 0 amide bonds. The second-order valence-electron chi connectivity index (χ2n) is 4.35. The number of nitrogens with one attached hydrogen (secondary N) is 2. The highest BCUT2D eigenvalue weighted by atomic mass is 35.5. The van der Waals surface area contributed by atoms with Gasteiger partial charge in [0.2, 0.25) is 5.96 Å². The van der Waals surface area contributed by atoms with Crippen molar-refractivity contribution in [2.45, 2.75) is 19.9 Å². The van der Waals surface area contributed by atoms with Crippen LogP contribution in [0, 0.1) is 6.92 Å². The maximum atomic E-state index is 6.07. The van der Waals surface area contributed by atoms with Crippen molar-refractivity contribution in [1.29, 1.82) is 0 Å². The number of nitrogens with two attached hydrogens (primary N) is 1. The number of methoxy groups -OCH3 is 2. The minimum absolute atomic E-state index is 0.0297. The van der Waals surface area contributed by atoms with Gasteiger partial charge in [0.15, 0.2) is 0 Å². The fourth-order valence-electron chi connectivity index (χ4n) is 1.66. The fourth-order valence-corrected chi connectivity index (χ4v) is 1.82. The Kier molecular flexibility index (Phi) is 6.57. The molecule has 0 aliphatic carbocycles. The van der Waals surface area contributed by atoms with Crippen molar-refractivity contribution in [2.75, 3.05) is 26.1 Å². The molecule has 0 heterocycles. The van der Waals surface area contributed by atoms with Crippen molar-refractivity contribution in [3.8, 4) is 5.75 Å². The molecule has 4 N–H and O–H groups in total. The Hall–Kier alpha value is -1.50. The third-order valence-electron chi connectivity index (χ3n) is 2.63. The van der Waals surface area contributed by atoms with Crippen molar-refractivity contribution in [3.05, 3.63) is 22.7 Å². The maximum absolute atomic E-state index is 6.07. The van der Waals surface area contributed by atoms with Gasteiger partial charge in [-0.2, -0.15) is 0 Å². The zero-order valence-corrected chi connectivity index (χ0v) is 12.9. The SMILES string of the molecule is COCC(C)N=C(NN)Nc1cc(C)c(Cl)cc1OC. The largest absolute Gasteiger partial charge is 0.495 e. The predicted octanol–water partition coefficient (Wildman–Crippen LogP) is 1.92. The van der Waals surface area contributed by atoms with E-state index in [9.17, 15) is 0 Å². The lowest BCUT2D eigenvalue weighted by atomic mass is 10.2. The number of rotatable bonds is 5. The first kappa shape index (κ1) is 16.6. The first-order valence-corrected chi connectivity index (χ1v) is 6.54. The molecule has 112 valence electrons. The van der Waals surface area contributed by atoms with E-state index in [1.165, 1.54) is 0 Å². The van der Waals surface area contributed by atoms with Crippen LogP contribution in [0.15, 0.2) is 17.1 Å². The van der Waals surface area contributed by atoms with Gasteiger partial charge < -0.3 is 14.8 Å². The summed E-state index contributed by atoms with van der Waals surface area (Å²) in [6.07, 6.45) is 0. The number of hydrazine groups is 1. The van der Waals surface area contributed by atoms with E-state index in [1.807, 2.05) is 19.9 Å². The van der Waals surface area contributed by atoms with E-state index in [0.29, 0.717) is 23.3 Å². The van der Waals surface area contributed by atoms with Crippen LogP contribution < -0.4 is 21.3 Å². The lowest BCUT2D eigenvalue weighted by molar-refractivity contribution is 0.185. The van der Waals surface area contributed by atoms with Gasteiger partial charge in [-0.25, -0.2) is 10.8 Å². The minimum Gasteiger partial charge on any atom is -0.495 e. The Morgan fingerprint density at radius 2 is 2.15 bits per heavy atom. The molecule has 0 saturated carbocycles. The average molecular weight is 301 g/mol. The first-order valence-electron chi connectivity index (χ1n) is 6.16. The lowest BCUT2D eigenvalue weighted by Gasteiger charge is -2.15. The molecule has 1 atom stereocenters. The Morgan fingerprint density at radius 1 is 1.45 bits per heavy atom. The van der Waals surface area contributed by atoms with E-state index in [-0.39, 0.29) is 6.04 Å². The summed E-state index contributed by atoms with van der Waals surface area (Å²) < 4.78 is 10.3. The standard InChI is InChI=1S/C13H21ClN4O2/c1-8-5-11(12(20-4)6-10(8)14)17-13(18-15)16-9(2)7-19-3/h5-6,9H,7,15H2,1-4H3,(H2,16,17,18). The van der Waals surface area contributed by atoms with Gasteiger partial charge in [0.25, 0.3) is 0 Å². The van der Waals surface area contributed by atoms with Crippen molar-refractivity contribution >= 4 is 23.2 Å². The van der Waals surface area contributed by atoms with Gasteiger partial charge >= 0.3 is 0 Å². The average Bonchev–Trinajstić information content (AvgIpc) is 2.41. The van der Waals surface area contributed by atoms with Gasteiger partial charge in [0.05, 0.1) is 25.4 Å². The number of ether oxygens (including phenoxy) is 2. The Morgan fingerprint density at radius 3 is 2.70 bits per heavy atom. The third-order valence-corrected chi connectivity index (χ3v) is 3.04. The van der Waals surface area contributed by atoms with Crippen LogP contribution in [0.2, 0.25) is 5.02 Å². The molecule has 1 unspecified atom stereocenters. The highest BCUT2D eigenvalue weighted by molar-refractivity contribution is 6.31. The molecule has 0 spiro atoms. The number of anilines is 1. The molecular weight excluding hydrogens is 280 g/mol. The van der Waals surface area contributed by atoms with E-state index in [4.69, 9.17) is 26.9 Å². The summed E-state index contributed by atoms with van der Waals surface area (Å²) in [6.45, 7) is 4.34. The van der Waals surface area contributed by atoms with Crippen LogP contribution >= 0.6 is 11.6 Å². The minimum atomic E-state index is -0.0297. The number of aliphatic imine (C=N–C) groups is 1. The highest BCUT2D eigenvalue weighted by Crippen LogP contribution is 2.30. The molecule has 20 heavy (non-hydrogen) atoms. The Balaban J connectivity index is 2.97. The molecule has 0 aliphatic heterocycles. The van der Waals surface area contributed by atoms with Gasteiger partial charge in [-0.05, 0) is 25.5 Å². The van der Waals surface area contributed by atoms with Crippen LogP contribution in [0.25, 0.3) is 0 Å². The molecule has 0 saturated heterocycles. The monoisotopic (exact) mass is 300 g/mol. The van der Waals surface area contributed by atoms with Crippen molar-refractivity contribution in [3.63, 3.8) is 0 Å². The maximum Gasteiger partial charge on any atom is 0.210 e. The van der Waals surface area contributed by atoms with E-state index in [1.54, 1.807) is 20.3 Å². The van der Waals surface area contributed by atoms with E-state index >= 15 is 0 Å². The molecule has 1 aromatic carbocycles. The van der Waals surface area contributed by atoms with Crippen LogP contribution in [0.4, 0.5) is 5.69 Å². The van der Waals surface area contributed by atoms with Crippen LogP contribution in [0.5, 0.6) is 5.75 Å². The van der Waals surface area contributed by atoms with Gasteiger partial charge in [0, 0.05) is 18.2 Å². The van der Waals surface area contributed by atoms with Gasteiger partial charge in [-0.1, -0.05) is 11.6 Å². The van der Waals surface area contributed by atoms with Gasteiger partial charge in [-0.15, -0.1) is 0 Å². The molecule has 6 nitrogen and oxygen atoms in total.